The normalized spacial score (nSPS) is 18.4. The van der Waals surface area contributed by atoms with Crippen molar-refractivity contribution in [1.82, 2.24) is 15.5 Å². The molecule has 0 aromatic heterocycles. The molecule has 0 bridgehead atoms. The highest BCUT2D eigenvalue weighted by atomic mass is 127. The first-order valence-corrected chi connectivity index (χ1v) is 11.2. The molecule has 30 heavy (non-hydrogen) atoms. The van der Waals surface area contributed by atoms with Crippen LogP contribution in [-0.2, 0) is 4.79 Å². The molecule has 7 heteroatoms. The molecule has 0 atom stereocenters. The highest BCUT2D eigenvalue weighted by Crippen LogP contribution is 2.26. The van der Waals surface area contributed by atoms with Gasteiger partial charge >= 0.3 is 0 Å². The predicted molar refractivity (Wildman–Crippen MR) is 133 cm³/mol. The second kappa shape index (κ2) is 13.7. The molecule has 6 nitrogen and oxygen atoms in total. The van der Waals surface area contributed by atoms with E-state index in [-0.39, 0.29) is 36.0 Å². The Labute approximate surface area is 198 Å². The van der Waals surface area contributed by atoms with Crippen LogP contribution in [0.4, 0.5) is 0 Å². The Morgan fingerprint density at radius 3 is 2.37 bits per heavy atom. The zero-order chi connectivity index (χ0) is 20.3. The molecular formula is C23H37IN4O2. The van der Waals surface area contributed by atoms with E-state index in [0.717, 1.165) is 37.6 Å². The second-order valence-electron chi connectivity index (χ2n) is 8.15. The highest BCUT2D eigenvalue weighted by molar-refractivity contribution is 14.0. The van der Waals surface area contributed by atoms with E-state index in [4.69, 9.17) is 4.74 Å². The summed E-state index contributed by atoms with van der Waals surface area (Å²) in [7, 11) is 1.82. The van der Waals surface area contributed by atoms with Gasteiger partial charge in [0.25, 0.3) is 0 Å². The maximum Gasteiger partial charge on any atom is 0.220 e. The summed E-state index contributed by atoms with van der Waals surface area (Å²) in [5.74, 6) is 2.62. The Hall–Kier alpha value is -1.51. The molecule has 2 N–H and O–H groups in total. The Balaban J connectivity index is 0.00000320. The summed E-state index contributed by atoms with van der Waals surface area (Å²) in [6.45, 7) is 3.18. The van der Waals surface area contributed by atoms with Gasteiger partial charge in [-0.3, -0.25) is 9.79 Å². The van der Waals surface area contributed by atoms with E-state index in [1.807, 2.05) is 37.4 Å². The third-order valence-corrected chi connectivity index (χ3v) is 5.93. The smallest absolute Gasteiger partial charge is 0.220 e. The molecule has 1 amide bonds. The SMILES string of the molecule is CN=C(NCCNC(=O)CC1CCCCC1)N1CCC(Oc2ccccc2)CC1.I. The van der Waals surface area contributed by atoms with Crippen LogP contribution in [0.25, 0.3) is 0 Å². The van der Waals surface area contributed by atoms with Crippen molar-refractivity contribution >= 4 is 35.8 Å². The van der Waals surface area contributed by atoms with Crippen molar-refractivity contribution in [2.45, 2.75) is 57.5 Å². The summed E-state index contributed by atoms with van der Waals surface area (Å²) in [6.07, 6.45) is 9.21. The van der Waals surface area contributed by atoms with Crippen LogP contribution < -0.4 is 15.4 Å². The van der Waals surface area contributed by atoms with Gasteiger partial charge < -0.3 is 20.3 Å². The molecule has 0 spiro atoms. The van der Waals surface area contributed by atoms with Crippen LogP contribution >= 0.6 is 24.0 Å². The summed E-state index contributed by atoms with van der Waals surface area (Å²) in [6, 6.07) is 10.0. The van der Waals surface area contributed by atoms with E-state index in [9.17, 15) is 4.79 Å². The molecule has 168 valence electrons. The monoisotopic (exact) mass is 528 g/mol. The Kier molecular flexibility index (Phi) is 11.3. The fourth-order valence-corrected chi connectivity index (χ4v) is 4.31. The van der Waals surface area contributed by atoms with Crippen molar-refractivity contribution in [3.8, 4) is 5.75 Å². The first kappa shape index (κ1) is 24.8. The Bertz CT molecular complexity index is 642. The minimum absolute atomic E-state index is 0. The molecule has 3 rings (SSSR count). The van der Waals surface area contributed by atoms with Gasteiger partial charge in [-0.25, -0.2) is 0 Å². The Morgan fingerprint density at radius 2 is 1.70 bits per heavy atom. The number of hydrogen-bond acceptors (Lipinski definition) is 3. The number of carbonyl (C=O) groups is 1. The molecule has 0 unspecified atom stereocenters. The number of hydrogen-bond donors (Lipinski definition) is 2. The Morgan fingerprint density at radius 1 is 1.03 bits per heavy atom. The molecule has 1 aliphatic carbocycles. The van der Waals surface area contributed by atoms with Gasteiger partial charge in [-0.05, 0) is 30.9 Å². The number of likely N-dealkylation sites (tertiary alicyclic amines) is 1. The van der Waals surface area contributed by atoms with Crippen molar-refractivity contribution in [3.05, 3.63) is 30.3 Å². The standard InChI is InChI=1S/C23H36N4O2.HI/c1-24-23(26-15-14-25-22(28)18-19-8-4-2-5-9-19)27-16-12-21(13-17-27)29-20-10-6-3-7-11-20;/h3,6-7,10-11,19,21H,2,4-5,8-9,12-18H2,1H3,(H,24,26)(H,25,28);1H. The number of aliphatic imine (C=N–C) groups is 1. The van der Waals surface area contributed by atoms with Gasteiger partial charge in [0.05, 0.1) is 0 Å². The second-order valence-corrected chi connectivity index (χ2v) is 8.15. The average molecular weight is 528 g/mol. The van der Waals surface area contributed by atoms with Gasteiger partial charge in [0, 0.05) is 52.5 Å². The van der Waals surface area contributed by atoms with E-state index < -0.39 is 0 Å². The van der Waals surface area contributed by atoms with E-state index >= 15 is 0 Å². The fraction of sp³-hybridized carbons (Fsp3) is 0.652. The minimum atomic E-state index is 0. The van der Waals surface area contributed by atoms with Crippen LogP contribution in [-0.4, -0.2) is 56.1 Å². The third kappa shape index (κ3) is 8.32. The number of guanidine groups is 1. The quantitative estimate of drug-likeness (QED) is 0.245. The largest absolute Gasteiger partial charge is 0.490 e. The average Bonchev–Trinajstić information content (AvgIpc) is 2.76. The van der Waals surface area contributed by atoms with Gasteiger partial charge in [-0.2, -0.15) is 0 Å². The van der Waals surface area contributed by atoms with Gasteiger partial charge in [-0.1, -0.05) is 37.5 Å². The zero-order valence-corrected chi connectivity index (χ0v) is 20.5. The highest BCUT2D eigenvalue weighted by Gasteiger charge is 2.22. The summed E-state index contributed by atoms with van der Waals surface area (Å²) in [5.41, 5.74) is 0. The van der Waals surface area contributed by atoms with E-state index in [1.165, 1.54) is 32.1 Å². The summed E-state index contributed by atoms with van der Waals surface area (Å²) in [4.78, 5) is 18.8. The zero-order valence-electron chi connectivity index (χ0n) is 18.1. The topological polar surface area (TPSA) is 66.0 Å². The van der Waals surface area contributed by atoms with Gasteiger partial charge in [0.15, 0.2) is 5.96 Å². The molecule has 1 aliphatic heterocycles. The maximum absolute atomic E-state index is 12.1. The predicted octanol–water partition coefficient (Wildman–Crippen LogP) is 3.81. The lowest BCUT2D eigenvalue weighted by atomic mass is 9.87. The first-order valence-electron chi connectivity index (χ1n) is 11.2. The van der Waals surface area contributed by atoms with Crippen LogP contribution in [0.1, 0.15) is 51.4 Å². The van der Waals surface area contributed by atoms with Crippen LogP contribution in [0, 0.1) is 5.92 Å². The molecule has 0 radical (unpaired) electrons. The molecule has 1 saturated carbocycles. The number of halogens is 1. The number of carbonyl (C=O) groups excluding carboxylic acids is 1. The number of piperidine rings is 1. The molecule has 1 saturated heterocycles. The van der Waals surface area contributed by atoms with Crippen molar-refractivity contribution in [3.63, 3.8) is 0 Å². The van der Waals surface area contributed by atoms with E-state index in [2.05, 4.69) is 20.5 Å². The maximum atomic E-state index is 12.1. The summed E-state index contributed by atoms with van der Waals surface area (Å²) >= 11 is 0. The molecule has 1 aromatic rings. The van der Waals surface area contributed by atoms with Crippen LogP contribution in [0.3, 0.4) is 0 Å². The lowest BCUT2D eigenvalue weighted by molar-refractivity contribution is -0.122. The number of nitrogens with zero attached hydrogens (tertiary/aromatic N) is 2. The van der Waals surface area contributed by atoms with Crippen LogP contribution in [0.2, 0.25) is 0 Å². The summed E-state index contributed by atoms with van der Waals surface area (Å²) < 4.78 is 6.07. The van der Waals surface area contributed by atoms with Gasteiger partial charge in [0.2, 0.25) is 5.91 Å². The third-order valence-electron chi connectivity index (χ3n) is 5.93. The van der Waals surface area contributed by atoms with Crippen molar-refractivity contribution in [2.75, 3.05) is 33.2 Å². The van der Waals surface area contributed by atoms with Crippen molar-refractivity contribution in [2.24, 2.45) is 10.9 Å². The number of benzene rings is 1. The summed E-state index contributed by atoms with van der Waals surface area (Å²) in [5, 5.41) is 6.43. The molecule has 2 fully saturated rings. The van der Waals surface area contributed by atoms with Crippen LogP contribution in [0.15, 0.2) is 35.3 Å². The van der Waals surface area contributed by atoms with Gasteiger partial charge in [-0.15, -0.1) is 24.0 Å². The van der Waals surface area contributed by atoms with Crippen molar-refractivity contribution in [1.29, 1.82) is 0 Å². The minimum Gasteiger partial charge on any atom is -0.490 e. The van der Waals surface area contributed by atoms with Crippen molar-refractivity contribution < 1.29 is 9.53 Å². The number of ether oxygens (including phenoxy) is 1. The molecular weight excluding hydrogens is 491 g/mol. The van der Waals surface area contributed by atoms with E-state index in [1.54, 1.807) is 0 Å². The first-order chi connectivity index (χ1) is 14.2. The van der Waals surface area contributed by atoms with E-state index in [0.29, 0.717) is 25.4 Å². The number of para-hydroxylation sites is 1. The number of rotatable bonds is 7. The lowest BCUT2D eigenvalue weighted by Crippen LogP contribution is -2.48. The molecule has 1 aromatic carbocycles. The lowest BCUT2D eigenvalue weighted by Gasteiger charge is -2.34. The molecule has 2 aliphatic rings. The van der Waals surface area contributed by atoms with Gasteiger partial charge in [0.1, 0.15) is 11.9 Å². The molecule has 1 heterocycles. The number of amides is 1. The fourth-order valence-electron chi connectivity index (χ4n) is 4.31. The number of nitrogens with one attached hydrogen (secondary N) is 2. The van der Waals surface area contributed by atoms with Crippen LogP contribution in [0.5, 0.6) is 5.75 Å².